The van der Waals surface area contributed by atoms with Crippen LogP contribution in [0.1, 0.15) is 20.9 Å². The molecule has 0 unspecified atom stereocenters. The molecule has 0 radical (unpaired) electrons. The second kappa shape index (κ2) is 10.4. The van der Waals surface area contributed by atoms with Crippen LogP contribution in [0.25, 0.3) is 28.0 Å². The minimum Gasteiger partial charge on any atom is -0.497 e. The number of methoxy groups -OCH3 is 1. The van der Waals surface area contributed by atoms with Gasteiger partial charge in [-0.25, -0.2) is 4.98 Å². The third-order valence-electron chi connectivity index (χ3n) is 7.18. The van der Waals surface area contributed by atoms with Gasteiger partial charge in [0.2, 0.25) is 0 Å². The van der Waals surface area contributed by atoms with Gasteiger partial charge in [0, 0.05) is 44.5 Å². The Labute approximate surface area is 226 Å². The maximum absolute atomic E-state index is 12.8. The summed E-state index contributed by atoms with van der Waals surface area (Å²) in [4.78, 5) is 23.1. The molecule has 1 aliphatic rings. The first-order chi connectivity index (χ1) is 18.6. The predicted octanol–water partition coefficient (Wildman–Crippen LogP) is 6.00. The van der Waals surface area contributed by atoms with Crippen molar-refractivity contribution in [1.82, 2.24) is 19.2 Å². The summed E-state index contributed by atoms with van der Waals surface area (Å²) in [7, 11) is 1.69. The molecule has 0 bridgehead atoms. The number of carbonyl (C=O) groups excluding carboxylic acids is 1. The lowest BCUT2D eigenvalue weighted by Crippen LogP contribution is -2.48. The van der Waals surface area contributed by atoms with Gasteiger partial charge in [-0.2, -0.15) is 0 Å². The summed E-state index contributed by atoms with van der Waals surface area (Å²) >= 11 is 1.51. The number of hydrogen-bond donors (Lipinski definition) is 0. The Morgan fingerprint density at radius 3 is 2.50 bits per heavy atom. The number of benzene rings is 2. The maximum atomic E-state index is 12.8. The topological polar surface area (TPSA) is 50.1 Å². The number of fused-ring (bicyclic) bond motifs is 1. The average Bonchev–Trinajstić information content (AvgIpc) is 3.62. The van der Waals surface area contributed by atoms with Gasteiger partial charge in [0.25, 0.3) is 5.91 Å². The van der Waals surface area contributed by atoms with E-state index < -0.39 is 0 Å². The maximum Gasteiger partial charge on any atom is 0.264 e. The second-order valence-corrected chi connectivity index (χ2v) is 10.6. The normalized spacial score (nSPS) is 14.2. The minimum absolute atomic E-state index is 0.134. The van der Waals surface area contributed by atoms with Crippen molar-refractivity contribution >= 4 is 22.9 Å². The summed E-state index contributed by atoms with van der Waals surface area (Å²) in [5, 5.41) is 1.96. The highest BCUT2D eigenvalue weighted by Crippen LogP contribution is 2.31. The number of carbonyl (C=O) groups is 1. The van der Waals surface area contributed by atoms with Crippen LogP contribution >= 0.6 is 11.3 Å². The number of nitrogens with zero attached hydrogens (tertiary/aromatic N) is 4. The van der Waals surface area contributed by atoms with Crippen LogP contribution in [0.3, 0.4) is 0 Å². The first kappa shape index (κ1) is 24.4. The zero-order valence-corrected chi connectivity index (χ0v) is 22.4. The lowest BCUT2D eigenvalue weighted by atomic mass is 10.1. The Kier molecular flexibility index (Phi) is 6.70. The van der Waals surface area contributed by atoms with Crippen molar-refractivity contribution in [1.29, 1.82) is 0 Å². The molecule has 1 amide bonds. The highest BCUT2D eigenvalue weighted by Gasteiger charge is 2.25. The van der Waals surface area contributed by atoms with Gasteiger partial charge in [-0.05, 0) is 53.8 Å². The molecule has 38 heavy (non-hydrogen) atoms. The highest BCUT2D eigenvalue weighted by atomic mass is 32.1. The van der Waals surface area contributed by atoms with Crippen molar-refractivity contribution < 1.29 is 9.53 Å². The third kappa shape index (κ3) is 4.83. The smallest absolute Gasteiger partial charge is 0.264 e. The Morgan fingerprint density at radius 1 is 0.921 bits per heavy atom. The van der Waals surface area contributed by atoms with Crippen LogP contribution in [0.5, 0.6) is 5.75 Å². The van der Waals surface area contributed by atoms with Crippen molar-refractivity contribution in [3.05, 3.63) is 101 Å². The number of aromatic nitrogens is 2. The van der Waals surface area contributed by atoms with Crippen LogP contribution in [0.2, 0.25) is 0 Å². The minimum atomic E-state index is 0.134. The van der Waals surface area contributed by atoms with E-state index in [-0.39, 0.29) is 5.91 Å². The van der Waals surface area contributed by atoms with Gasteiger partial charge in [-0.1, -0.05) is 48.0 Å². The molecule has 4 heterocycles. The predicted molar refractivity (Wildman–Crippen MR) is 153 cm³/mol. The van der Waals surface area contributed by atoms with Crippen LogP contribution in [0.15, 0.2) is 84.4 Å². The summed E-state index contributed by atoms with van der Waals surface area (Å²) in [5.41, 5.74) is 7.63. The van der Waals surface area contributed by atoms with E-state index in [1.165, 1.54) is 22.5 Å². The van der Waals surface area contributed by atoms with E-state index in [4.69, 9.17) is 9.72 Å². The van der Waals surface area contributed by atoms with Crippen LogP contribution in [0, 0.1) is 6.92 Å². The van der Waals surface area contributed by atoms with Gasteiger partial charge in [-0.3, -0.25) is 9.69 Å². The highest BCUT2D eigenvalue weighted by molar-refractivity contribution is 7.12. The molecule has 0 spiro atoms. The first-order valence-corrected chi connectivity index (χ1v) is 13.7. The molecular weight excluding hydrogens is 492 g/mol. The molecule has 6 nitrogen and oxygen atoms in total. The number of amides is 1. The Hall–Kier alpha value is -3.94. The standard InChI is InChI=1S/C31H30N4O2S/c1-22-6-3-7-23(18-22)25-11-12-29-32-30(24-8-4-9-26(19-24)37-2)27(35(29)20-25)21-33-13-15-34(16-14-33)31(36)28-10-5-17-38-28/h3-12,17-20H,13-16,21H2,1-2H3. The zero-order chi connectivity index (χ0) is 26.1. The van der Waals surface area contributed by atoms with Gasteiger partial charge in [0.1, 0.15) is 11.4 Å². The summed E-state index contributed by atoms with van der Waals surface area (Å²) in [6, 6.07) is 24.8. The molecular formula is C31H30N4O2S. The third-order valence-corrected chi connectivity index (χ3v) is 8.03. The van der Waals surface area contributed by atoms with Crippen LogP contribution in [-0.2, 0) is 6.54 Å². The summed E-state index contributed by atoms with van der Waals surface area (Å²) < 4.78 is 7.74. The quantitative estimate of drug-likeness (QED) is 0.274. The molecule has 3 aromatic heterocycles. The van der Waals surface area contributed by atoms with Crippen molar-refractivity contribution in [3.8, 4) is 28.1 Å². The molecule has 6 rings (SSSR count). The van der Waals surface area contributed by atoms with Crippen LogP contribution in [-0.4, -0.2) is 58.4 Å². The van der Waals surface area contributed by atoms with Crippen molar-refractivity contribution in [3.63, 3.8) is 0 Å². The molecule has 7 heteroatoms. The summed E-state index contributed by atoms with van der Waals surface area (Å²) in [5.74, 6) is 0.945. The number of hydrogen-bond acceptors (Lipinski definition) is 5. The van der Waals surface area contributed by atoms with E-state index in [0.717, 1.165) is 71.5 Å². The van der Waals surface area contributed by atoms with E-state index >= 15 is 0 Å². The summed E-state index contributed by atoms with van der Waals surface area (Å²) in [6.45, 7) is 5.94. The molecule has 2 aromatic carbocycles. The zero-order valence-electron chi connectivity index (χ0n) is 21.6. The lowest BCUT2D eigenvalue weighted by molar-refractivity contribution is 0.0631. The number of imidazole rings is 1. The van der Waals surface area contributed by atoms with E-state index in [1.807, 2.05) is 40.6 Å². The Morgan fingerprint density at radius 2 is 1.74 bits per heavy atom. The number of piperazine rings is 1. The number of ether oxygens (including phenoxy) is 1. The number of pyridine rings is 1. The largest absolute Gasteiger partial charge is 0.497 e. The van der Waals surface area contributed by atoms with Crippen molar-refractivity contribution in [2.24, 2.45) is 0 Å². The van der Waals surface area contributed by atoms with E-state index in [9.17, 15) is 4.79 Å². The summed E-state index contributed by atoms with van der Waals surface area (Å²) in [6.07, 6.45) is 2.20. The van der Waals surface area contributed by atoms with Gasteiger partial charge >= 0.3 is 0 Å². The van der Waals surface area contributed by atoms with Crippen LogP contribution in [0.4, 0.5) is 0 Å². The van der Waals surface area contributed by atoms with Gasteiger partial charge in [0.15, 0.2) is 0 Å². The van der Waals surface area contributed by atoms with Gasteiger partial charge < -0.3 is 14.0 Å². The fourth-order valence-corrected chi connectivity index (χ4v) is 5.81. The fourth-order valence-electron chi connectivity index (χ4n) is 5.12. The molecule has 1 aliphatic heterocycles. The first-order valence-electron chi connectivity index (χ1n) is 12.9. The fraction of sp³-hybridized carbons (Fsp3) is 0.226. The molecule has 0 atom stereocenters. The monoisotopic (exact) mass is 522 g/mol. The molecule has 1 saturated heterocycles. The van der Waals surface area contributed by atoms with Gasteiger partial charge in [-0.15, -0.1) is 11.3 Å². The molecule has 1 fully saturated rings. The van der Waals surface area contributed by atoms with E-state index in [0.29, 0.717) is 0 Å². The molecule has 0 aliphatic carbocycles. The van der Waals surface area contributed by atoms with Gasteiger partial charge in [0.05, 0.1) is 23.4 Å². The molecule has 5 aromatic rings. The molecule has 0 saturated carbocycles. The van der Waals surface area contributed by atoms with E-state index in [2.05, 4.69) is 64.9 Å². The number of rotatable bonds is 6. The molecule has 0 N–H and O–H groups in total. The second-order valence-electron chi connectivity index (χ2n) is 9.70. The number of thiophene rings is 1. The molecule has 192 valence electrons. The lowest BCUT2D eigenvalue weighted by Gasteiger charge is -2.34. The van der Waals surface area contributed by atoms with Crippen LogP contribution < -0.4 is 4.74 Å². The Bertz CT molecular complexity index is 1580. The van der Waals surface area contributed by atoms with Crippen molar-refractivity contribution in [2.45, 2.75) is 13.5 Å². The average molecular weight is 523 g/mol. The van der Waals surface area contributed by atoms with E-state index in [1.54, 1.807) is 7.11 Å². The Balaban J connectivity index is 1.34. The van der Waals surface area contributed by atoms with Crippen molar-refractivity contribution in [2.75, 3.05) is 33.3 Å². The SMILES string of the molecule is COc1cccc(-c2nc3ccc(-c4cccc(C)c4)cn3c2CN2CCN(C(=O)c3cccs3)CC2)c1. The number of aryl methyl sites for hydroxylation is 1.